The summed E-state index contributed by atoms with van der Waals surface area (Å²) in [5, 5.41) is 10.6. The molecule has 19 heteroatoms. The lowest BCUT2D eigenvalue weighted by atomic mass is 10.1. The van der Waals surface area contributed by atoms with Gasteiger partial charge < -0.3 is 33.8 Å². The van der Waals surface area contributed by atoms with Crippen molar-refractivity contribution >= 4 is 39.5 Å². The molecule has 0 amide bonds. The van der Waals surface area contributed by atoms with Crippen LogP contribution in [-0.2, 0) is 65.4 Å². The SMILES string of the molecule is CCCCC/C=C\C/C=C\CCCCCCCC(=O)O[C@H](COC(=O)CCCCCCC/C=C\C=C/CCCCCC)COP(=O)(O)OC[C@@H](O)COP(=O)(O)OC[C@@H](COC(=O)CCCCCCC/C=C\CCCCCC)OC(=O)CCCCCCC/C=C\C=C/CCCCCC. The van der Waals surface area contributed by atoms with Crippen molar-refractivity contribution in [3.05, 3.63) is 85.1 Å². The summed E-state index contributed by atoms with van der Waals surface area (Å²) in [4.78, 5) is 72.9. The number of phosphoric ester groups is 2. The molecule has 0 aliphatic heterocycles. The minimum absolute atomic E-state index is 0.0762. The third-order valence-electron chi connectivity index (χ3n) is 16.4. The second kappa shape index (κ2) is 71.6. The highest BCUT2D eigenvalue weighted by Gasteiger charge is 2.30. The third-order valence-corrected chi connectivity index (χ3v) is 18.3. The first kappa shape index (κ1) is 94.2. The maximum absolute atomic E-state index is 13.1. The highest BCUT2D eigenvalue weighted by Crippen LogP contribution is 2.45. The van der Waals surface area contributed by atoms with Gasteiger partial charge in [-0.05, 0) is 135 Å². The smallest absolute Gasteiger partial charge is 0.462 e. The Morgan fingerprint density at radius 3 is 0.847 bits per heavy atom. The van der Waals surface area contributed by atoms with Gasteiger partial charge in [-0.15, -0.1) is 0 Å². The van der Waals surface area contributed by atoms with Crippen LogP contribution in [0.4, 0.5) is 0 Å². The van der Waals surface area contributed by atoms with Crippen LogP contribution >= 0.6 is 15.6 Å². The Balaban J connectivity index is 5.38. The summed E-state index contributed by atoms with van der Waals surface area (Å²) in [5.41, 5.74) is 0. The molecule has 0 heterocycles. The normalized spacial score (nSPS) is 14.4. The van der Waals surface area contributed by atoms with Crippen LogP contribution in [0.1, 0.15) is 336 Å². The number of aliphatic hydroxyl groups excluding tert-OH is 1. The van der Waals surface area contributed by atoms with Gasteiger partial charge in [-0.25, -0.2) is 9.13 Å². The zero-order valence-electron chi connectivity index (χ0n) is 62.0. The number of carbonyl (C=O) groups is 4. The Bertz CT molecular complexity index is 2190. The molecule has 3 N–H and O–H groups in total. The quantitative estimate of drug-likeness (QED) is 0.0128. The van der Waals surface area contributed by atoms with Crippen LogP contribution < -0.4 is 0 Å². The van der Waals surface area contributed by atoms with Crippen LogP contribution in [0, 0.1) is 0 Å². The standard InChI is InChI=1S/C79H140O17P2/c1-5-9-13-17-21-25-29-33-36-40-44-48-52-56-60-64-77(82)90-70-75(96-79(84)66-62-58-54-50-46-42-38-35-31-27-23-19-15-11-7-3)72-94-98(87,88)92-68-73(80)67-91-97(85,86)93-71-74(69-89-76(81)63-59-55-51-47-43-39-32-28-24-20-16-12-8-4)95-78(83)65-61-57-53-49-45-41-37-34-30-26-22-18-14-10-6-2/h23,25-30,32-38,73-75,80H,5-22,24,31,39-72H2,1-4H3,(H,85,86)(H,87,88)/b27-23-,29-25-,30-26-,32-28-,36-33-,37-34-,38-35-/t73-,74+,75+/m0/s1. The van der Waals surface area contributed by atoms with E-state index in [1.54, 1.807) is 0 Å². The van der Waals surface area contributed by atoms with E-state index in [0.29, 0.717) is 25.7 Å². The van der Waals surface area contributed by atoms with Crippen LogP contribution in [0.25, 0.3) is 0 Å². The van der Waals surface area contributed by atoms with Crippen molar-refractivity contribution in [3.63, 3.8) is 0 Å². The summed E-state index contributed by atoms with van der Waals surface area (Å²) in [6.45, 7) is 4.76. The molecule has 0 spiro atoms. The highest BCUT2D eigenvalue weighted by atomic mass is 31.2. The minimum Gasteiger partial charge on any atom is -0.462 e. The van der Waals surface area contributed by atoms with Crippen molar-refractivity contribution < 1.29 is 80.2 Å². The molecule has 98 heavy (non-hydrogen) atoms. The summed E-state index contributed by atoms with van der Waals surface area (Å²) in [5.74, 6) is -2.22. The fourth-order valence-corrected chi connectivity index (χ4v) is 11.9. The fourth-order valence-electron chi connectivity index (χ4n) is 10.3. The number of ether oxygens (including phenoxy) is 4. The Morgan fingerprint density at radius 1 is 0.296 bits per heavy atom. The monoisotopic (exact) mass is 1420 g/mol. The predicted molar refractivity (Wildman–Crippen MR) is 399 cm³/mol. The first-order valence-electron chi connectivity index (χ1n) is 38.9. The number of hydrogen-bond acceptors (Lipinski definition) is 15. The van der Waals surface area contributed by atoms with Crippen LogP contribution in [0.2, 0.25) is 0 Å². The Morgan fingerprint density at radius 2 is 0.531 bits per heavy atom. The van der Waals surface area contributed by atoms with Crippen LogP contribution in [0.15, 0.2) is 85.1 Å². The average Bonchev–Trinajstić information content (AvgIpc) is 1.04. The molecule has 17 nitrogen and oxygen atoms in total. The molecule has 568 valence electrons. The number of unbranched alkanes of at least 4 members (excludes halogenated alkanes) is 35. The summed E-state index contributed by atoms with van der Waals surface area (Å²) in [6.07, 6.45) is 72.7. The molecule has 0 fully saturated rings. The molecule has 0 aliphatic carbocycles. The van der Waals surface area contributed by atoms with E-state index in [0.717, 1.165) is 161 Å². The molecule has 0 aromatic heterocycles. The molecule has 0 bridgehead atoms. The van der Waals surface area contributed by atoms with Crippen LogP contribution in [0.3, 0.4) is 0 Å². The number of carbonyl (C=O) groups excluding carboxylic acids is 4. The average molecular weight is 1420 g/mol. The van der Waals surface area contributed by atoms with Crippen molar-refractivity contribution in [3.8, 4) is 0 Å². The lowest BCUT2D eigenvalue weighted by molar-refractivity contribution is -0.161. The Labute approximate surface area is 595 Å². The van der Waals surface area contributed by atoms with Gasteiger partial charge in [-0.1, -0.05) is 260 Å². The number of rotatable bonds is 73. The van der Waals surface area contributed by atoms with E-state index < -0.39 is 97.5 Å². The lowest BCUT2D eigenvalue weighted by Crippen LogP contribution is -2.30. The largest absolute Gasteiger partial charge is 0.472 e. The molecule has 0 aliphatic rings. The third kappa shape index (κ3) is 70.7. The van der Waals surface area contributed by atoms with E-state index >= 15 is 0 Å². The minimum atomic E-state index is -4.98. The van der Waals surface area contributed by atoms with Gasteiger partial charge in [0.25, 0.3) is 0 Å². The van der Waals surface area contributed by atoms with Crippen LogP contribution in [0.5, 0.6) is 0 Å². The van der Waals surface area contributed by atoms with Gasteiger partial charge in [0.05, 0.1) is 26.4 Å². The number of esters is 4. The van der Waals surface area contributed by atoms with Gasteiger partial charge in [0.15, 0.2) is 12.2 Å². The molecule has 0 rings (SSSR count). The predicted octanol–water partition coefficient (Wildman–Crippen LogP) is 22.2. The first-order chi connectivity index (χ1) is 47.7. The molecule has 0 saturated heterocycles. The maximum Gasteiger partial charge on any atom is 0.472 e. The molecular weight excluding hydrogens is 1280 g/mol. The first-order valence-corrected chi connectivity index (χ1v) is 41.9. The van der Waals surface area contributed by atoms with E-state index in [1.807, 2.05) is 0 Å². The molecule has 2 unspecified atom stereocenters. The summed E-state index contributed by atoms with van der Waals surface area (Å²) < 4.78 is 68.5. The Hall–Kier alpha value is -3.76. The van der Waals surface area contributed by atoms with E-state index in [4.69, 9.17) is 37.0 Å². The Kier molecular flexibility index (Phi) is 68.9. The van der Waals surface area contributed by atoms with Crippen molar-refractivity contribution in [2.75, 3.05) is 39.6 Å². The number of allylic oxidation sites excluding steroid dienone is 14. The number of phosphoric acid groups is 2. The van der Waals surface area contributed by atoms with Crippen molar-refractivity contribution in [1.29, 1.82) is 0 Å². The molecule has 0 aromatic carbocycles. The maximum atomic E-state index is 13.1. The van der Waals surface area contributed by atoms with Gasteiger partial charge >= 0.3 is 39.5 Å². The van der Waals surface area contributed by atoms with Gasteiger partial charge in [-0.3, -0.25) is 37.3 Å². The zero-order valence-corrected chi connectivity index (χ0v) is 63.7. The molecule has 0 radical (unpaired) electrons. The summed E-state index contributed by atoms with van der Waals surface area (Å²) in [7, 11) is -9.96. The number of hydrogen-bond donors (Lipinski definition) is 3. The summed E-state index contributed by atoms with van der Waals surface area (Å²) in [6, 6.07) is 0. The van der Waals surface area contributed by atoms with Gasteiger partial charge in [0.2, 0.25) is 0 Å². The second-order valence-electron chi connectivity index (χ2n) is 26.0. The molecule has 5 atom stereocenters. The van der Waals surface area contributed by atoms with E-state index in [2.05, 4.69) is 113 Å². The van der Waals surface area contributed by atoms with E-state index in [1.165, 1.54) is 96.3 Å². The molecule has 0 aromatic rings. The van der Waals surface area contributed by atoms with Crippen LogP contribution in [-0.4, -0.2) is 96.7 Å². The molecule has 0 saturated carbocycles. The van der Waals surface area contributed by atoms with E-state index in [9.17, 15) is 43.2 Å². The summed E-state index contributed by atoms with van der Waals surface area (Å²) >= 11 is 0. The van der Waals surface area contributed by atoms with Gasteiger partial charge in [0.1, 0.15) is 19.3 Å². The highest BCUT2D eigenvalue weighted by molar-refractivity contribution is 7.47. The van der Waals surface area contributed by atoms with Gasteiger partial charge in [-0.2, -0.15) is 0 Å². The van der Waals surface area contributed by atoms with Crippen molar-refractivity contribution in [1.82, 2.24) is 0 Å². The van der Waals surface area contributed by atoms with Crippen molar-refractivity contribution in [2.24, 2.45) is 0 Å². The van der Waals surface area contributed by atoms with Crippen molar-refractivity contribution in [2.45, 2.75) is 354 Å². The van der Waals surface area contributed by atoms with E-state index in [-0.39, 0.29) is 25.7 Å². The topological polar surface area (TPSA) is 237 Å². The van der Waals surface area contributed by atoms with Gasteiger partial charge in [0, 0.05) is 25.7 Å². The number of aliphatic hydroxyl groups is 1. The lowest BCUT2D eigenvalue weighted by Gasteiger charge is -2.21. The zero-order chi connectivity index (χ0) is 71.8. The second-order valence-corrected chi connectivity index (χ2v) is 28.9. The molecular formula is C79H140O17P2. The fraction of sp³-hybridized carbons (Fsp3) is 0.772.